The molecule has 1 aromatic carbocycles. The van der Waals surface area contributed by atoms with Crippen LogP contribution in [0.4, 0.5) is 4.79 Å². The molecule has 1 unspecified atom stereocenters. The average Bonchev–Trinajstić information content (AvgIpc) is 2.88. The van der Waals surface area contributed by atoms with Crippen LogP contribution in [0.3, 0.4) is 0 Å². The number of nitrogens with one attached hydrogen (secondary N) is 1. The number of esters is 1. The van der Waals surface area contributed by atoms with E-state index in [0.717, 1.165) is 37.8 Å². The highest BCUT2D eigenvalue weighted by Gasteiger charge is 2.23. The molecule has 0 spiro atoms. The van der Waals surface area contributed by atoms with Crippen LogP contribution in [0, 0.1) is 5.92 Å². The van der Waals surface area contributed by atoms with Crippen molar-refractivity contribution in [1.29, 1.82) is 0 Å². The molecular formula is C32H52N2O3. The van der Waals surface area contributed by atoms with E-state index in [-0.39, 0.29) is 5.92 Å². The van der Waals surface area contributed by atoms with Gasteiger partial charge >= 0.3 is 12.1 Å². The lowest BCUT2D eigenvalue weighted by Crippen LogP contribution is -2.32. The summed E-state index contributed by atoms with van der Waals surface area (Å²) in [5.74, 6) is -0.780. The maximum absolute atomic E-state index is 12.6. The van der Waals surface area contributed by atoms with Crippen LogP contribution in [0.25, 0.3) is 0 Å². The first-order chi connectivity index (χ1) is 18.0. The van der Waals surface area contributed by atoms with Crippen molar-refractivity contribution < 1.29 is 14.3 Å². The summed E-state index contributed by atoms with van der Waals surface area (Å²) in [6.07, 6.45) is 24.0. The third-order valence-corrected chi connectivity index (χ3v) is 6.42. The van der Waals surface area contributed by atoms with Gasteiger partial charge in [-0.15, -0.1) is 0 Å². The Labute approximate surface area is 226 Å². The van der Waals surface area contributed by atoms with Gasteiger partial charge in [-0.1, -0.05) is 100 Å². The molecule has 0 bridgehead atoms. The zero-order valence-corrected chi connectivity index (χ0v) is 23.8. The molecule has 0 aliphatic heterocycles. The van der Waals surface area contributed by atoms with E-state index in [4.69, 9.17) is 4.74 Å². The number of ether oxygens (including phenoxy) is 1. The van der Waals surface area contributed by atoms with E-state index in [2.05, 4.69) is 36.5 Å². The molecule has 1 aromatic rings. The molecule has 208 valence electrons. The molecule has 0 saturated heterocycles. The van der Waals surface area contributed by atoms with Gasteiger partial charge in [0.15, 0.2) is 0 Å². The smallest absolute Gasteiger partial charge is 0.376 e. The summed E-state index contributed by atoms with van der Waals surface area (Å²) >= 11 is 0. The van der Waals surface area contributed by atoms with E-state index in [0.29, 0.717) is 19.4 Å². The second-order valence-electron chi connectivity index (χ2n) is 10.2. The molecule has 0 radical (unpaired) electrons. The fraction of sp³-hybridized carbons (Fsp3) is 0.625. The van der Waals surface area contributed by atoms with Crippen LogP contribution in [0.5, 0.6) is 0 Å². The largest absolute Gasteiger partial charge is 0.414 e. The van der Waals surface area contributed by atoms with Crippen molar-refractivity contribution in [3.63, 3.8) is 0 Å². The summed E-state index contributed by atoms with van der Waals surface area (Å²) in [6, 6.07) is 9.88. The molecule has 1 amide bonds. The maximum atomic E-state index is 12.6. The number of hydrogen-bond acceptors (Lipinski definition) is 4. The Kier molecular flexibility index (Phi) is 20.1. The zero-order valence-electron chi connectivity index (χ0n) is 23.8. The number of carbonyl (C=O) groups is 2. The van der Waals surface area contributed by atoms with Gasteiger partial charge in [0.1, 0.15) is 0 Å². The van der Waals surface area contributed by atoms with E-state index < -0.39 is 12.1 Å². The summed E-state index contributed by atoms with van der Waals surface area (Å²) in [6.45, 7) is 3.55. The van der Waals surface area contributed by atoms with Crippen molar-refractivity contribution >= 4 is 12.1 Å². The van der Waals surface area contributed by atoms with Crippen LogP contribution in [0.15, 0.2) is 54.6 Å². The summed E-state index contributed by atoms with van der Waals surface area (Å²) in [4.78, 5) is 26.8. The van der Waals surface area contributed by atoms with E-state index in [9.17, 15) is 9.59 Å². The minimum absolute atomic E-state index is 0.336. The van der Waals surface area contributed by atoms with Crippen molar-refractivity contribution in [2.45, 2.75) is 96.8 Å². The van der Waals surface area contributed by atoms with Crippen molar-refractivity contribution in [2.75, 3.05) is 27.2 Å². The van der Waals surface area contributed by atoms with Gasteiger partial charge in [0.25, 0.3) is 0 Å². The monoisotopic (exact) mass is 512 g/mol. The van der Waals surface area contributed by atoms with Gasteiger partial charge in [-0.05, 0) is 77.6 Å². The Balaban J connectivity index is 2.08. The third-order valence-electron chi connectivity index (χ3n) is 6.42. The quantitative estimate of drug-likeness (QED) is 0.0788. The molecule has 5 nitrogen and oxygen atoms in total. The first-order valence-corrected chi connectivity index (χ1v) is 14.5. The molecule has 0 saturated carbocycles. The number of allylic oxidation sites excluding steroid dienone is 4. The van der Waals surface area contributed by atoms with Crippen molar-refractivity contribution in [3.8, 4) is 0 Å². The Bertz CT molecular complexity index is 759. The Morgan fingerprint density at radius 3 is 2.14 bits per heavy atom. The number of carbonyl (C=O) groups excluding carboxylic acids is 2. The highest BCUT2D eigenvalue weighted by atomic mass is 16.6. The first-order valence-electron chi connectivity index (χ1n) is 14.5. The Morgan fingerprint density at radius 2 is 1.49 bits per heavy atom. The number of nitrogens with zero attached hydrogens (tertiary/aromatic N) is 1. The predicted octanol–water partition coefficient (Wildman–Crippen LogP) is 7.86. The van der Waals surface area contributed by atoms with Gasteiger partial charge in [-0.3, -0.25) is 4.79 Å². The fourth-order valence-corrected chi connectivity index (χ4v) is 4.13. The number of unbranched alkanes of at least 4 members (excludes halogenated alkanes) is 9. The number of benzene rings is 1. The van der Waals surface area contributed by atoms with Gasteiger partial charge in [-0.25, -0.2) is 4.79 Å². The van der Waals surface area contributed by atoms with E-state index in [1.165, 1.54) is 51.4 Å². The van der Waals surface area contributed by atoms with Crippen molar-refractivity contribution in [3.05, 3.63) is 60.2 Å². The number of rotatable bonds is 21. The second kappa shape index (κ2) is 22.8. The molecular weight excluding hydrogens is 460 g/mol. The molecule has 0 aliphatic carbocycles. The molecule has 0 aliphatic rings. The highest BCUT2D eigenvalue weighted by molar-refractivity contribution is 5.86. The van der Waals surface area contributed by atoms with Gasteiger partial charge in [0.05, 0.1) is 5.92 Å². The number of amides is 1. The molecule has 0 fully saturated rings. The van der Waals surface area contributed by atoms with Gasteiger partial charge in [-0.2, -0.15) is 0 Å². The minimum Gasteiger partial charge on any atom is -0.376 e. The summed E-state index contributed by atoms with van der Waals surface area (Å²) in [5.41, 5.74) is 1.07. The van der Waals surface area contributed by atoms with Gasteiger partial charge < -0.3 is 15.0 Å². The fourth-order valence-electron chi connectivity index (χ4n) is 4.13. The molecule has 37 heavy (non-hydrogen) atoms. The van der Waals surface area contributed by atoms with Crippen LogP contribution in [0.2, 0.25) is 0 Å². The van der Waals surface area contributed by atoms with Crippen molar-refractivity contribution in [1.82, 2.24) is 10.2 Å². The van der Waals surface area contributed by atoms with Crippen LogP contribution in [0.1, 0.15) is 96.0 Å². The molecule has 1 N–H and O–H groups in total. The average molecular weight is 513 g/mol. The zero-order chi connectivity index (χ0) is 27.0. The van der Waals surface area contributed by atoms with E-state index >= 15 is 0 Å². The molecule has 1 atom stereocenters. The van der Waals surface area contributed by atoms with E-state index in [1.807, 2.05) is 49.3 Å². The second-order valence-corrected chi connectivity index (χ2v) is 10.2. The Morgan fingerprint density at radius 1 is 0.865 bits per heavy atom. The van der Waals surface area contributed by atoms with E-state index in [1.54, 1.807) is 0 Å². The molecule has 0 heterocycles. The van der Waals surface area contributed by atoms with Gasteiger partial charge in [0, 0.05) is 6.54 Å². The summed E-state index contributed by atoms with van der Waals surface area (Å²) in [5, 5.41) is 2.74. The number of hydrogen-bond donors (Lipinski definition) is 1. The lowest BCUT2D eigenvalue weighted by atomic mass is 9.96. The van der Waals surface area contributed by atoms with Gasteiger partial charge in [0.2, 0.25) is 0 Å². The third kappa shape index (κ3) is 19.4. The summed E-state index contributed by atoms with van der Waals surface area (Å²) in [7, 11) is 3.95. The molecule has 1 rings (SSSR count). The topological polar surface area (TPSA) is 58.6 Å². The Hall–Kier alpha value is -2.40. The first kappa shape index (κ1) is 32.6. The molecule has 0 aromatic heterocycles. The predicted molar refractivity (Wildman–Crippen MR) is 156 cm³/mol. The van der Waals surface area contributed by atoms with Crippen LogP contribution in [-0.4, -0.2) is 44.1 Å². The van der Waals surface area contributed by atoms with Crippen LogP contribution < -0.4 is 5.32 Å². The van der Waals surface area contributed by atoms with Crippen molar-refractivity contribution in [2.24, 2.45) is 5.92 Å². The minimum atomic E-state index is -0.629. The lowest BCUT2D eigenvalue weighted by molar-refractivity contribution is -0.142. The highest BCUT2D eigenvalue weighted by Crippen LogP contribution is 2.15. The normalized spacial score (nSPS) is 12.4. The SMILES string of the molecule is CCCCC/C=C\C/C=C\CCCCCCCCNC(=O)OC(=O)C(CCN(C)C)Cc1ccccc1. The molecule has 5 heteroatoms. The van der Waals surface area contributed by atoms with Crippen LogP contribution >= 0.6 is 0 Å². The lowest BCUT2D eigenvalue weighted by Gasteiger charge is -2.18. The number of alkyl carbamates (subject to hydrolysis) is 1. The maximum Gasteiger partial charge on any atom is 0.414 e. The summed E-state index contributed by atoms with van der Waals surface area (Å²) < 4.78 is 5.13. The standard InChI is InChI=1S/C32H52N2O3/c1-4-5-6-7-8-9-10-11-12-13-14-15-16-17-18-22-26-33-32(36)37-31(35)30(25-27-34(2)3)28-29-23-20-19-21-24-29/h8-9,11-12,19-21,23-24,30H,4-7,10,13-18,22,25-28H2,1-3H3,(H,33,36)/b9-8-,12-11-. The van der Waals surface area contributed by atoms with Crippen LogP contribution in [-0.2, 0) is 16.0 Å².